The highest BCUT2D eigenvalue weighted by atomic mass is 16.5. The zero-order valence-corrected chi connectivity index (χ0v) is 27.9. The van der Waals surface area contributed by atoms with Gasteiger partial charge in [0.25, 0.3) is 17.7 Å². The van der Waals surface area contributed by atoms with Crippen LogP contribution in [0.4, 0.5) is 11.4 Å². The zero-order valence-electron chi connectivity index (χ0n) is 27.9. The fraction of sp³-hybridized carbons (Fsp3) is 0.333. The molecule has 0 spiro atoms. The van der Waals surface area contributed by atoms with E-state index < -0.39 is 5.91 Å². The Labute approximate surface area is 280 Å². The lowest BCUT2D eigenvalue weighted by atomic mass is 10.1. The number of hydrogen-bond donors (Lipinski definition) is 3. The molecule has 1 fully saturated rings. The van der Waals surface area contributed by atoms with Gasteiger partial charge in [0.05, 0.1) is 31.7 Å². The van der Waals surface area contributed by atoms with Crippen LogP contribution in [0, 0.1) is 0 Å². The Morgan fingerprint density at radius 3 is 2.27 bits per heavy atom. The minimum atomic E-state index is -0.395. The quantitative estimate of drug-likeness (QED) is 0.186. The maximum absolute atomic E-state index is 13.3. The highest BCUT2D eigenvalue weighted by molar-refractivity contribution is 6.07. The highest BCUT2D eigenvalue weighted by Crippen LogP contribution is 2.23. The molecule has 4 aromatic rings. The first kappa shape index (κ1) is 34.1. The maximum atomic E-state index is 13.3. The van der Waals surface area contributed by atoms with Gasteiger partial charge in [-0.05, 0) is 54.8 Å². The van der Waals surface area contributed by atoms with Gasteiger partial charge in [0, 0.05) is 57.9 Å². The molecule has 3 amide bonds. The average molecular weight is 654 g/mol. The van der Waals surface area contributed by atoms with Crippen molar-refractivity contribution in [1.29, 1.82) is 0 Å². The van der Waals surface area contributed by atoms with E-state index >= 15 is 0 Å². The smallest absolute Gasteiger partial charge is 0.274 e. The molecule has 12 nitrogen and oxygen atoms in total. The van der Waals surface area contributed by atoms with Crippen LogP contribution >= 0.6 is 0 Å². The number of ether oxygens (including phenoxy) is 2. The standard InChI is InChI=1S/C36H43N7O5/c1-5-25(2)43-24-29(21-33(43)35(45)37-14-15-42-16-18-48-19-17-42)40-36(46)32-20-28(23-41(32)3)39-34(44)31-13-10-27(22-38-31)7-6-26-8-11-30(47-4)12-9-26/h6-13,20-25H,5,14-19H2,1-4H3,(H,37,45)(H,39,44)(H,40,46)/b7-6+. The van der Waals surface area contributed by atoms with Crippen LogP contribution < -0.4 is 20.7 Å². The van der Waals surface area contributed by atoms with E-state index in [0.29, 0.717) is 42.5 Å². The van der Waals surface area contributed by atoms with Gasteiger partial charge < -0.3 is 34.6 Å². The lowest BCUT2D eigenvalue weighted by Gasteiger charge is -2.26. The molecule has 48 heavy (non-hydrogen) atoms. The molecule has 1 atom stereocenters. The minimum absolute atomic E-state index is 0.0553. The van der Waals surface area contributed by atoms with E-state index in [0.717, 1.165) is 42.9 Å². The predicted octanol–water partition coefficient (Wildman–Crippen LogP) is 4.94. The number of methoxy groups -OCH3 is 1. The summed E-state index contributed by atoms with van der Waals surface area (Å²) in [4.78, 5) is 46.0. The van der Waals surface area contributed by atoms with Gasteiger partial charge in [-0.2, -0.15) is 0 Å². The van der Waals surface area contributed by atoms with Gasteiger partial charge in [-0.25, -0.2) is 0 Å². The average Bonchev–Trinajstić information content (AvgIpc) is 3.70. The Kier molecular flexibility index (Phi) is 11.4. The van der Waals surface area contributed by atoms with Crippen LogP contribution in [-0.4, -0.2) is 83.2 Å². The van der Waals surface area contributed by atoms with E-state index in [1.54, 1.807) is 55.5 Å². The molecular formula is C36H43N7O5. The molecule has 0 saturated carbocycles. The lowest BCUT2D eigenvalue weighted by Crippen LogP contribution is -2.41. The molecule has 3 aromatic heterocycles. The van der Waals surface area contributed by atoms with Crippen LogP contribution in [0.5, 0.6) is 5.75 Å². The molecule has 252 valence electrons. The van der Waals surface area contributed by atoms with Gasteiger partial charge >= 0.3 is 0 Å². The highest BCUT2D eigenvalue weighted by Gasteiger charge is 2.20. The largest absolute Gasteiger partial charge is 0.497 e. The van der Waals surface area contributed by atoms with Gasteiger partial charge in [-0.15, -0.1) is 0 Å². The van der Waals surface area contributed by atoms with E-state index in [4.69, 9.17) is 9.47 Å². The molecule has 0 aliphatic carbocycles. The monoisotopic (exact) mass is 653 g/mol. The Hall–Kier alpha value is -5.20. The first-order valence-corrected chi connectivity index (χ1v) is 16.1. The second kappa shape index (κ2) is 16.1. The SMILES string of the molecule is CCC(C)n1cc(NC(=O)c2cc(NC(=O)c3ccc(/C=C/c4ccc(OC)cc4)cn3)cn2C)cc1C(=O)NCCN1CCOCC1. The number of pyridine rings is 1. The van der Waals surface area contributed by atoms with Gasteiger partial charge in [0.2, 0.25) is 0 Å². The van der Waals surface area contributed by atoms with Gasteiger partial charge in [0.1, 0.15) is 22.8 Å². The normalized spacial score (nSPS) is 14.1. The molecule has 1 aliphatic heterocycles. The second-order valence-corrected chi connectivity index (χ2v) is 11.7. The number of nitrogens with one attached hydrogen (secondary N) is 3. The Morgan fingerprint density at radius 2 is 1.58 bits per heavy atom. The number of morpholine rings is 1. The van der Waals surface area contributed by atoms with Crippen LogP contribution in [0.2, 0.25) is 0 Å². The molecule has 1 saturated heterocycles. The van der Waals surface area contributed by atoms with Gasteiger partial charge in [-0.1, -0.05) is 37.3 Å². The fourth-order valence-electron chi connectivity index (χ4n) is 5.33. The Bertz CT molecular complexity index is 1740. The minimum Gasteiger partial charge on any atom is -0.497 e. The van der Waals surface area contributed by atoms with Crippen molar-refractivity contribution < 1.29 is 23.9 Å². The molecule has 3 N–H and O–H groups in total. The van der Waals surface area contributed by atoms with Crippen molar-refractivity contribution in [3.63, 3.8) is 0 Å². The van der Waals surface area contributed by atoms with E-state index in [-0.39, 0.29) is 23.6 Å². The van der Waals surface area contributed by atoms with Crippen molar-refractivity contribution in [2.75, 3.05) is 57.1 Å². The van der Waals surface area contributed by atoms with Gasteiger partial charge in [-0.3, -0.25) is 24.3 Å². The van der Waals surface area contributed by atoms with Crippen LogP contribution in [0.25, 0.3) is 12.2 Å². The first-order chi connectivity index (χ1) is 23.2. The number of anilines is 2. The summed E-state index contributed by atoms with van der Waals surface area (Å²) in [5.41, 5.74) is 3.88. The van der Waals surface area contributed by atoms with E-state index in [1.807, 2.05) is 60.9 Å². The van der Waals surface area contributed by atoms with Crippen molar-refractivity contribution >= 4 is 41.2 Å². The number of benzene rings is 1. The molecule has 4 heterocycles. The first-order valence-electron chi connectivity index (χ1n) is 16.1. The summed E-state index contributed by atoms with van der Waals surface area (Å²) in [6.07, 6.45) is 9.76. The molecule has 1 aliphatic rings. The summed E-state index contributed by atoms with van der Waals surface area (Å²) in [7, 11) is 3.36. The third-order valence-corrected chi connectivity index (χ3v) is 8.32. The van der Waals surface area contributed by atoms with Crippen LogP contribution in [0.15, 0.2) is 67.1 Å². The summed E-state index contributed by atoms with van der Waals surface area (Å²) in [5.74, 6) is -0.168. The molecule has 12 heteroatoms. The number of aryl methyl sites for hydroxylation is 1. The zero-order chi connectivity index (χ0) is 34.0. The summed E-state index contributed by atoms with van der Waals surface area (Å²) < 4.78 is 14.1. The number of amides is 3. The number of nitrogens with zero attached hydrogens (tertiary/aromatic N) is 4. The van der Waals surface area contributed by atoms with Crippen molar-refractivity contribution in [2.24, 2.45) is 7.05 Å². The molecular weight excluding hydrogens is 610 g/mol. The molecule has 1 unspecified atom stereocenters. The Balaban J connectivity index is 1.19. The number of carbonyl (C=O) groups excluding carboxylic acids is 3. The van der Waals surface area contributed by atoms with E-state index in [2.05, 4.69) is 25.8 Å². The third kappa shape index (κ3) is 8.78. The molecule has 0 radical (unpaired) electrons. The van der Waals surface area contributed by atoms with Crippen molar-refractivity contribution in [3.8, 4) is 5.75 Å². The lowest BCUT2D eigenvalue weighted by molar-refractivity contribution is 0.0383. The number of aromatic nitrogens is 3. The van der Waals surface area contributed by atoms with Crippen LogP contribution in [0.3, 0.4) is 0 Å². The summed E-state index contributed by atoms with van der Waals surface area (Å²) in [5, 5.41) is 8.75. The second-order valence-electron chi connectivity index (χ2n) is 11.7. The topological polar surface area (TPSA) is 132 Å². The fourth-order valence-corrected chi connectivity index (χ4v) is 5.33. The van der Waals surface area contributed by atoms with Crippen molar-refractivity contribution in [2.45, 2.75) is 26.3 Å². The summed E-state index contributed by atoms with van der Waals surface area (Å²) in [6.45, 7) is 8.48. The number of hydrogen-bond acceptors (Lipinski definition) is 7. The van der Waals surface area contributed by atoms with Gasteiger partial charge in [0.15, 0.2) is 0 Å². The summed E-state index contributed by atoms with van der Waals surface area (Å²) in [6, 6.07) is 14.5. The van der Waals surface area contributed by atoms with Crippen LogP contribution in [0.1, 0.15) is 68.9 Å². The molecule has 0 bridgehead atoms. The van der Waals surface area contributed by atoms with E-state index in [1.165, 1.54) is 0 Å². The molecule has 1 aromatic carbocycles. The predicted molar refractivity (Wildman–Crippen MR) is 187 cm³/mol. The summed E-state index contributed by atoms with van der Waals surface area (Å²) >= 11 is 0. The maximum Gasteiger partial charge on any atom is 0.274 e. The molecule has 5 rings (SSSR count). The van der Waals surface area contributed by atoms with Crippen LogP contribution in [-0.2, 0) is 11.8 Å². The number of carbonyl (C=O) groups is 3. The van der Waals surface area contributed by atoms with E-state index in [9.17, 15) is 14.4 Å². The third-order valence-electron chi connectivity index (χ3n) is 8.32. The Morgan fingerprint density at radius 1 is 0.917 bits per heavy atom. The number of rotatable bonds is 13. The van der Waals surface area contributed by atoms with Crippen molar-refractivity contribution in [1.82, 2.24) is 24.3 Å². The van der Waals surface area contributed by atoms with Crippen molar-refractivity contribution in [3.05, 3.63) is 95.3 Å².